The van der Waals surface area contributed by atoms with Crippen molar-refractivity contribution < 1.29 is 27.5 Å². The molecule has 3 heterocycles. The number of alkyl halides is 3. The molecule has 2 aromatic heterocycles. The van der Waals surface area contributed by atoms with E-state index < -0.39 is 29.5 Å². The van der Waals surface area contributed by atoms with E-state index in [1.807, 2.05) is 0 Å². The number of anilines is 1. The van der Waals surface area contributed by atoms with Crippen LogP contribution in [0.2, 0.25) is 0 Å². The fourth-order valence-electron chi connectivity index (χ4n) is 3.57. The second-order valence-corrected chi connectivity index (χ2v) is 9.50. The van der Waals surface area contributed by atoms with Crippen LogP contribution >= 0.6 is 0 Å². The number of piperazine rings is 1. The van der Waals surface area contributed by atoms with Crippen molar-refractivity contribution in [1.29, 1.82) is 0 Å². The third-order valence-electron chi connectivity index (χ3n) is 5.28. The molecule has 0 bridgehead atoms. The molecule has 1 aliphatic rings. The van der Waals surface area contributed by atoms with Crippen LogP contribution in [0.15, 0.2) is 35.5 Å². The van der Waals surface area contributed by atoms with E-state index in [0.717, 1.165) is 12.4 Å². The lowest BCUT2D eigenvalue weighted by atomic mass is 10.2. The number of nitrogens with zero attached hydrogens (tertiary/aromatic N) is 5. The Morgan fingerprint density at radius 1 is 1.08 bits per heavy atom. The third-order valence-corrected chi connectivity index (χ3v) is 5.28. The number of aromatic nitrogens is 3. The highest BCUT2D eigenvalue weighted by atomic mass is 19.4. The molecule has 10 nitrogen and oxygen atoms in total. The Bertz CT molecular complexity index is 1140. The van der Waals surface area contributed by atoms with E-state index in [-0.39, 0.29) is 24.0 Å². The van der Waals surface area contributed by atoms with E-state index in [4.69, 9.17) is 4.74 Å². The van der Waals surface area contributed by atoms with Crippen LogP contribution in [0, 0.1) is 0 Å². The molecule has 2 aromatic rings. The van der Waals surface area contributed by atoms with Crippen LogP contribution in [0.4, 0.5) is 23.9 Å². The van der Waals surface area contributed by atoms with Gasteiger partial charge in [0.15, 0.2) is 0 Å². The van der Waals surface area contributed by atoms with Gasteiger partial charge in [-0.25, -0.2) is 14.8 Å². The van der Waals surface area contributed by atoms with Crippen LogP contribution in [0.25, 0.3) is 0 Å². The molecule has 1 fully saturated rings. The Kier molecular flexibility index (Phi) is 7.89. The first-order valence-corrected chi connectivity index (χ1v) is 11.4. The lowest BCUT2D eigenvalue weighted by molar-refractivity contribution is -0.138. The average molecular weight is 511 g/mol. The van der Waals surface area contributed by atoms with Crippen molar-refractivity contribution in [3.8, 4) is 0 Å². The Labute approximate surface area is 206 Å². The SMILES string of the molecule is C[C@@H](Cn1cc(C(=O)N2CCN(c3ncc(C(F)(F)F)cn3)CC2)ccc1=O)NC(=O)OC(C)(C)C. The summed E-state index contributed by atoms with van der Waals surface area (Å²) in [4.78, 5) is 48.2. The molecule has 0 aliphatic carbocycles. The maximum absolute atomic E-state index is 13.0. The molecule has 0 radical (unpaired) electrons. The van der Waals surface area contributed by atoms with Crippen molar-refractivity contribution >= 4 is 17.9 Å². The number of nitrogens with one attached hydrogen (secondary N) is 1. The number of halogens is 3. The molecule has 1 aliphatic heterocycles. The number of ether oxygens (including phenoxy) is 1. The summed E-state index contributed by atoms with van der Waals surface area (Å²) in [6.07, 6.45) is -2.19. The van der Waals surface area contributed by atoms with Gasteiger partial charge in [-0.2, -0.15) is 13.2 Å². The van der Waals surface area contributed by atoms with Gasteiger partial charge in [0.2, 0.25) is 5.95 Å². The predicted octanol–water partition coefficient (Wildman–Crippen LogP) is 2.53. The third kappa shape index (κ3) is 7.18. The number of hydrogen-bond donors (Lipinski definition) is 1. The molecular formula is C23H29F3N6O4. The second-order valence-electron chi connectivity index (χ2n) is 9.50. The normalized spacial score (nSPS) is 15.4. The smallest absolute Gasteiger partial charge is 0.419 e. The molecule has 1 atom stereocenters. The second kappa shape index (κ2) is 10.5. The molecule has 0 unspecified atom stereocenters. The summed E-state index contributed by atoms with van der Waals surface area (Å²) in [6.45, 7) is 8.37. The monoisotopic (exact) mass is 510 g/mol. The summed E-state index contributed by atoms with van der Waals surface area (Å²) in [5.41, 5.74) is -1.60. The van der Waals surface area contributed by atoms with Crippen LogP contribution in [0.5, 0.6) is 0 Å². The molecule has 36 heavy (non-hydrogen) atoms. The number of pyridine rings is 1. The fourth-order valence-corrected chi connectivity index (χ4v) is 3.57. The summed E-state index contributed by atoms with van der Waals surface area (Å²) in [7, 11) is 0. The van der Waals surface area contributed by atoms with Crippen molar-refractivity contribution in [1.82, 2.24) is 24.8 Å². The van der Waals surface area contributed by atoms with Gasteiger partial charge in [-0.1, -0.05) is 0 Å². The lowest BCUT2D eigenvalue weighted by Gasteiger charge is -2.34. The highest BCUT2D eigenvalue weighted by molar-refractivity contribution is 5.94. The van der Waals surface area contributed by atoms with Crippen molar-refractivity contribution in [3.63, 3.8) is 0 Å². The van der Waals surface area contributed by atoms with Crippen molar-refractivity contribution in [2.24, 2.45) is 0 Å². The number of hydrogen-bond acceptors (Lipinski definition) is 7. The summed E-state index contributed by atoms with van der Waals surface area (Å²) in [5.74, 6) is -0.125. The van der Waals surface area contributed by atoms with Gasteiger partial charge in [-0.3, -0.25) is 9.59 Å². The minimum absolute atomic E-state index is 0.137. The van der Waals surface area contributed by atoms with Crippen LogP contribution in [-0.4, -0.2) is 69.3 Å². The molecule has 1 N–H and O–H groups in total. The van der Waals surface area contributed by atoms with Crippen molar-refractivity contribution in [2.45, 2.75) is 52.1 Å². The maximum atomic E-state index is 13.0. The Balaban J connectivity index is 1.60. The number of amides is 2. The average Bonchev–Trinajstić information content (AvgIpc) is 2.78. The topological polar surface area (TPSA) is 110 Å². The quantitative estimate of drug-likeness (QED) is 0.658. The van der Waals surface area contributed by atoms with Crippen molar-refractivity contribution in [2.75, 3.05) is 31.1 Å². The molecule has 0 aromatic carbocycles. The van der Waals surface area contributed by atoms with Gasteiger partial charge >= 0.3 is 12.3 Å². The minimum Gasteiger partial charge on any atom is -0.444 e. The highest BCUT2D eigenvalue weighted by Crippen LogP contribution is 2.28. The first kappa shape index (κ1) is 27.0. The number of rotatable bonds is 5. The predicted molar refractivity (Wildman–Crippen MR) is 125 cm³/mol. The van der Waals surface area contributed by atoms with Gasteiger partial charge in [-0.15, -0.1) is 0 Å². The maximum Gasteiger partial charge on any atom is 0.419 e. The zero-order valence-electron chi connectivity index (χ0n) is 20.5. The molecule has 196 valence electrons. The first-order valence-electron chi connectivity index (χ1n) is 11.4. The summed E-state index contributed by atoms with van der Waals surface area (Å²) in [5, 5.41) is 2.66. The first-order chi connectivity index (χ1) is 16.7. The van der Waals surface area contributed by atoms with Crippen LogP contribution in [0.3, 0.4) is 0 Å². The standard InChI is InChI=1S/C23H29F3N6O4/c1-15(29-21(35)36-22(2,3)4)13-32-14-16(5-6-18(32)33)19(34)30-7-9-31(10-8-30)20-27-11-17(12-28-20)23(24,25)26/h5-6,11-12,14-15H,7-10,13H2,1-4H3,(H,29,35)/t15-/m0/s1. The molecular weight excluding hydrogens is 481 g/mol. The Morgan fingerprint density at radius 3 is 2.25 bits per heavy atom. The number of alkyl carbamates (subject to hydrolysis) is 1. The molecule has 0 spiro atoms. The zero-order valence-corrected chi connectivity index (χ0v) is 20.5. The molecule has 3 rings (SSSR count). The van der Waals surface area contributed by atoms with Crippen LogP contribution in [-0.2, 0) is 17.5 Å². The fraction of sp³-hybridized carbons (Fsp3) is 0.522. The summed E-state index contributed by atoms with van der Waals surface area (Å²) in [6, 6.07) is 2.30. The van der Waals surface area contributed by atoms with Gasteiger partial charge < -0.3 is 24.4 Å². The number of carbonyl (C=O) groups excluding carboxylic acids is 2. The van der Waals surface area contributed by atoms with E-state index in [2.05, 4.69) is 15.3 Å². The Hall–Kier alpha value is -3.64. The molecule has 1 saturated heterocycles. The zero-order chi connectivity index (χ0) is 26.7. The summed E-state index contributed by atoms with van der Waals surface area (Å²) >= 11 is 0. The van der Waals surface area contributed by atoms with E-state index in [1.54, 1.807) is 37.5 Å². The molecule has 13 heteroatoms. The minimum atomic E-state index is -4.51. The highest BCUT2D eigenvalue weighted by Gasteiger charge is 2.32. The largest absolute Gasteiger partial charge is 0.444 e. The van der Waals surface area contributed by atoms with E-state index in [1.165, 1.54) is 22.9 Å². The lowest BCUT2D eigenvalue weighted by Crippen LogP contribution is -2.49. The summed E-state index contributed by atoms with van der Waals surface area (Å²) < 4.78 is 44.7. The van der Waals surface area contributed by atoms with Crippen LogP contribution in [0.1, 0.15) is 43.6 Å². The van der Waals surface area contributed by atoms with Gasteiger partial charge in [0.1, 0.15) is 5.60 Å². The van der Waals surface area contributed by atoms with Gasteiger partial charge in [0.05, 0.1) is 11.1 Å². The van der Waals surface area contributed by atoms with Gasteiger partial charge in [-0.05, 0) is 33.8 Å². The van der Waals surface area contributed by atoms with Crippen molar-refractivity contribution in [3.05, 3.63) is 52.2 Å². The van der Waals surface area contributed by atoms with E-state index >= 15 is 0 Å². The van der Waals surface area contributed by atoms with Gasteiger partial charge in [0, 0.05) is 63.4 Å². The van der Waals surface area contributed by atoms with E-state index in [0.29, 0.717) is 31.7 Å². The molecule has 2 amide bonds. The van der Waals surface area contributed by atoms with Gasteiger partial charge in [0.25, 0.3) is 11.5 Å². The molecule has 0 saturated carbocycles. The Morgan fingerprint density at radius 2 is 1.69 bits per heavy atom. The number of carbonyl (C=O) groups is 2. The van der Waals surface area contributed by atoms with Crippen LogP contribution < -0.4 is 15.8 Å². The van der Waals surface area contributed by atoms with E-state index in [9.17, 15) is 27.6 Å².